The Hall–Kier alpha value is -1.89. The highest BCUT2D eigenvalue weighted by Crippen LogP contribution is 2.14. The number of hydrogen-bond acceptors (Lipinski definition) is 1. The van der Waals surface area contributed by atoms with Crippen LogP contribution in [0.25, 0.3) is 0 Å². The Morgan fingerprint density at radius 1 is 0.727 bits per heavy atom. The third kappa shape index (κ3) is 10.8. The molecular weight excluding hydrogens is 268 g/mol. The molecule has 0 aliphatic heterocycles. The number of rotatable bonds is 10. The molecule has 0 rings (SSSR count). The first kappa shape index (κ1) is 20.1. The summed E-state index contributed by atoms with van der Waals surface area (Å²) in [6, 6.07) is 0. The van der Waals surface area contributed by atoms with E-state index in [0.717, 1.165) is 36.8 Å². The molecule has 0 amide bonds. The van der Waals surface area contributed by atoms with Crippen molar-refractivity contribution in [2.45, 2.75) is 53.4 Å². The van der Waals surface area contributed by atoms with Crippen LogP contribution in [-0.2, 0) is 4.79 Å². The Balaban J connectivity index is 5.12. The van der Waals surface area contributed by atoms with E-state index in [4.69, 9.17) is 0 Å². The summed E-state index contributed by atoms with van der Waals surface area (Å²) < 4.78 is 0. The molecule has 0 radical (unpaired) electrons. The summed E-state index contributed by atoms with van der Waals surface area (Å²) in [5.41, 5.74) is 4.71. The molecule has 0 aromatic carbocycles. The summed E-state index contributed by atoms with van der Waals surface area (Å²) in [5.74, 6) is 0.0537. The van der Waals surface area contributed by atoms with Gasteiger partial charge in [-0.1, -0.05) is 46.6 Å². The van der Waals surface area contributed by atoms with E-state index >= 15 is 0 Å². The van der Waals surface area contributed by atoms with Crippen molar-refractivity contribution in [2.75, 3.05) is 0 Å². The molecule has 0 saturated heterocycles. The fraction of sp³-hybridized carbons (Fsp3) is 0.381. The predicted octanol–water partition coefficient (Wildman–Crippen LogP) is 6.27. The van der Waals surface area contributed by atoms with Crippen LogP contribution in [0.1, 0.15) is 53.4 Å². The minimum atomic E-state index is 0.0537. The molecule has 1 nitrogen and oxygen atoms in total. The summed E-state index contributed by atoms with van der Waals surface area (Å²) in [6.45, 7) is 15.8. The smallest absolute Gasteiger partial charge is 0.178 e. The molecule has 0 aliphatic rings. The maximum atomic E-state index is 12.2. The van der Waals surface area contributed by atoms with Crippen LogP contribution in [0.2, 0.25) is 0 Å². The first-order chi connectivity index (χ1) is 10.4. The number of ketones is 1. The molecule has 0 unspecified atom stereocenters. The molecule has 0 heterocycles. The van der Waals surface area contributed by atoms with E-state index in [1.165, 1.54) is 11.1 Å². The minimum Gasteiger partial charge on any atom is -0.290 e. The van der Waals surface area contributed by atoms with E-state index in [1.54, 1.807) is 12.2 Å². The molecule has 0 aromatic rings. The van der Waals surface area contributed by atoms with Gasteiger partial charge in [-0.2, -0.15) is 0 Å². The van der Waals surface area contributed by atoms with Gasteiger partial charge in [0, 0.05) is 0 Å². The van der Waals surface area contributed by atoms with Gasteiger partial charge in [0.15, 0.2) is 5.78 Å². The monoisotopic (exact) mass is 298 g/mol. The van der Waals surface area contributed by atoms with Gasteiger partial charge in [0.05, 0.1) is 0 Å². The van der Waals surface area contributed by atoms with Crippen molar-refractivity contribution >= 4 is 5.78 Å². The fourth-order valence-corrected chi connectivity index (χ4v) is 1.89. The van der Waals surface area contributed by atoms with E-state index in [1.807, 2.05) is 12.2 Å². The van der Waals surface area contributed by atoms with E-state index < -0.39 is 0 Å². The van der Waals surface area contributed by atoms with Gasteiger partial charge < -0.3 is 0 Å². The third-order valence-electron chi connectivity index (χ3n) is 3.05. The number of hydrogen-bond donors (Lipinski definition) is 0. The SMILES string of the molecule is C=CCC(=CC(=O)C=C(CC=C)CC=C(C)C)CC=C(C)C. The zero-order chi connectivity index (χ0) is 17.0. The van der Waals surface area contributed by atoms with E-state index in [-0.39, 0.29) is 5.78 Å². The zero-order valence-electron chi connectivity index (χ0n) is 14.6. The molecule has 0 aliphatic carbocycles. The maximum Gasteiger partial charge on any atom is 0.178 e. The van der Waals surface area contributed by atoms with Crippen molar-refractivity contribution in [2.24, 2.45) is 0 Å². The van der Waals surface area contributed by atoms with Crippen molar-refractivity contribution in [3.63, 3.8) is 0 Å². The highest BCUT2D eigenvalue weighted by atomic mass is 16.1. The third-order valence-corrected chi connectivity index (χ3v) is 3.05. The quantitative estimate of drug-likeness (QED) is 0.343. The average molecular weight is 298 g/mol. The van der Waals surface area contributed by atoms with Crippen molar-refractivity contribution in [3.8, 4) is 0 Å². The highest BCUT2D eigenvalue weighted by molar-refractivity contribution is 6.00. The molecule has 120 valence electrons. The Bertz CT molecular complexity index is 456. The molecule has 0 aromatic heterocycles. The zero-order valence-corrected chi connectivity index (χ0v) is 14.6. The standard InChI is InChI=1S/C21H30O/c1-7-9-19(13-11-17(3)4)15-21(22)16-20(10-8-2)14-12-18(5)6/h7-8,11-12,15-16H,1-2,9-10,13-14H2,3-6H3. The molecule has 1 heteroatoms. The second-order valence-corrected chi connectivity index (χ2v) is 5.96. The van der Waals surface area contributed by atoms with Crippen LogP contribution in [0.3, 0.4) is 0 Å². The Morgan fingerprint density at radius 2 is 1.09 bits per heavy atom. The maximum absolute atomic E-state index is 12.2. The number of allylic oxidation sites excluding steroid dienone is 10. The summed E-state index contributed by atoms with van der Waals surface area (Å²) in [5, 5.41) is 0. The van der Waals surface area contributed by atoms with Crippen molar-refractivity contribution in [1.29, 1.82) is 0 Å². The number of carbonyl (C=O) groups excluding carboxylic acids is 1. The summed E-state index contributed by atoms with van der Waals surface area (Å²) in [7, 11) is 0. The van der Waals surface area contributed by atoms with Gasteiger partial charge in [-0.3, -0.25) is 4.79 Å². The minimum absolute atomic E-state index is 0.0537. The second kappa shape index (κ2) is 11.7. The first-order valence-corrected chi connectivity index (χ1v) is 7.80. The fourth-order valence-electron chi connectivity index (χ4n) is 1.89. The van der Waals surface area contributed by atoms with Crippen LogP contribution >= 0.6 is 0 Å². The molecule has 0 bridgehead atoms. The van der Waals surface area contributed by atoms with Gasteiger partial charge in [-0.15, -0.1) is 13.2 Å². The second-order valence-electron chi connectivity index (χ2n) is 5.96. The summed E-state index contributed by atoms with van der Waals surface area (Å²) >= 11 is 0. The number of carbonyl (C=O) groups is 1. The van der Waals surface area contributed by atoms with Crippen LogP contribution in [0.4, 0.5) is 0 Å². The van der Waals surface area contributed by atoms with Gasteiger partial charge in [0.1, 0.15) is 0 Å². The topological polar surface area (TPSA) is 17.1 Å². The largest absolute Gasteiger partial charge is 0.290 e. The predicted molar refractivity (Wildman–Crippen MR) is 98.9 cm³/mol. The molecule has 0 N–H and O–H groups in total. The van der Waals surface area contributed by atoms with E-state index in [9.17, 15) is 4.79 Å². The van der Waals surface area contributed by atoms with Crippen LogP contribution in [0, 0.1) is 0 Å². The Labute approximate surface area is 136 Å². The Morgan fingerprint density at radius 3 is 1.36 bits per heavy atom. The van der Waals surface area contributed by atoms with Crippen LogP contribution in [0.5, 0.6) is 0 Å². The molecule has 0 fully saturated rings. The lowest BCUT2D eigenvalue weighted by molar-refractivity contribution is -0.110. The van der Waals surface area contributed by atoms with E-state index in [0.29, 0.717) is 0 Å². The molecule has 0 atom stereocenters. The van der Waals surface area contributed by atoms with Gasteiger partial charge in [0.2, 0.25) is 0 Å². The molecule has 22 heavy (non-hydrogen) atoms. The van der Waals surface area contributed by atoms with E-state index in [2.05, 4.69) is 53.0 Å². The van der Waals surface area contributed by atoms with Crippen molar-refractivity contribution in [1.82, 2.24) is 0 Å². The summed E-state index contributed by atoms with van der Waals surface area (Å²) in [6.07, 6.45) is 14.5. The van der Waals surface area contributed by atoms with Crippen LogP contribution in [0.15, 0.2) is 71.9 Å². The van der Waals surface area contributed by atoms with Gasteiger partial charge >= 0.3 is 0 Å². The van der Waals surface area contributed by atoms with Crippen LogP contribution in [-0.4, -0.2) is 5.78 Å². The van der Waals surface area contributed by atoms with Crippen molar-refractivity contribution in [3.05, 3.63) is 71.9 Å². The average Bonchev–Trinajstić information content (AvgIpc) is 2.42. The lowest BCUT2D eigenvalue weighted by Crippen LogP contribution is -1.94. The van der Waals surface area contributed by atoms with Crippen LogP contribution < -0.4 is 0 Å². The van der Waals surface area contributed by atoms with Gasteiger partial charge in [0.25, 0.3) is 0 Å². The van der Waals surface area contributed by atoms with Gasteiger partial charge in [-0.25, -0.2) is 0 Å². The Kier molecular flexibility index (Phi) is 10.7. The molecule has 0 saturated carbocycles. The lowest BCUT2D eigenvalue weighted by Gasteiger charge is -2.03. The van der Waals surface area contributed by atoms with Crippen molar-refractivity contribution < 1.29 is 4.79 Å². The molecular formula is C21H30O. The molecule has 0 spiro atoms. The van der Waals surface area contributed by atoms with Gasteiger partial charge in [-0.05, 0) is 65.5 Å². The lowest BCUT2D eigenvalue weighted by atomic mass is 10.0. The summed E-state index contributed by atoms with van der Waals surface area (Å²) in [4.78, 5) is 12.2. The highest BCUT2D eigenvalue weighted by Gasteiger charge is 2.01. The first-order valence-electron chi connectivity index (χ1n) is 7.80. The normalized spacial score (nSPS) is 11.6.